The van der Waals surface area contributed by atoms with Crippen LogP contribution in [0.25, 0.3) is 0 Å². The molecule has 104 valence electrons. The van der Waals surface area contributed by atoms with Gasteiger partial charge in [-0.2, -0.15) is 0 Å². The fourth-order valence-corrected chi connectivity index (χ4v) is 2.05. The predicted molar refractivity (Wildman–Crippen MR) is 76.6 cm³/mol. The van der Waals surface area contributed by atoms with Crippen molar-refractivity contribution in [2.24, 2.45) is 5.73 Å². The number of carbonyl (C=O) groups excluding carboxylic acids is 1. The van der Waals surface area contributed by atoms with Crippen molar-refractivity contribution in [2.75, 3.05) is 0 Å². The Balaban J connectivity index is 2.05. The maximum absolute atomic E-state index is 12.9. The summed E-state index contributed by atoms with van der Waals surface area (Å²) in [5.41, 5.74) is 7.70. The van der Waals surface area contributed by atoms with Crippen LogP contribution in [0, 0.1) is 5.82 Å². The number of primary amides is 1. The van der Waals surface area contributed by atoms with E-state index in [9.17, 15) is 9.18 Å². The number of nitrogens with one attached hydrogen (secondary N) is 1. The standard InChI is InChI=1S/C16H17FN2O/c1-11(12-6-8-14(17)9-7-12)19-10-13-4-2-3-5-15(13)16(18)20/h2-9,11,19H,10H2,1H3,(H2,18,20)/t11-/m1/s1. The van der Waals surface area contributed by atoms with Gasteiger partial charge in [0.05, 0.1) is 0 Å². The predicted octanol–water partition coefficient (Wildman–Crippen LogP) is 2.78. The second kappa shape index (κ2) is 6.30. The first-order valence-corrected chi connectivity index (χ1v) is 6.44. The first kappa shape index (κ1) is 14.2. The molecule has 0 saturated carbocycles. The summed E-state index contributed by atoms with van der Waals surface area (Å²) >= 11 is 0. The van der Waals surface area contributed by atoms with E-state index < -0.39 is 5.91 Å². The van der Waals surface area contributed by atoms with Gasteiger partial charge in [0.2, 0.25) is 5.91 Å². The quantitative estimate of drug-likeness (QED) is 0.879. The summed E-state index contributed by atoms with van der Waals surface area (Å²) in [6.45, 7) is 2.51. The van der Waals surface area contributed by atoms with Gasteiger partial charge in [-0.05, 0) is 36.2 Å². The molecule has 1 amide bonds. The SMILES string of the molecule is C[C@@H](NCc1ccccc1C(N)=O)c1ccc(F)cc1. The fourth-order valence-electron chi connectivity index (χ4n) is 2.05. The average Bonchev–Trinajstić information content (AvgIpc) is 2.45. The van der Waals surface area contributed by atoms with E-state index in [1.54, 1.807) is 24.3 Å². The summed E-state index contributed by atoms with van der Waals surface area (Å²) in [6, 6.07) is 13.6. The Bertz CT molecular complexity index is 596. The van der Waals surface area contributed by atoms with E-state index >= 15 is 0 Å². The molecule has 20 heavy (non-hydrogen) atoms. The zero-order valence-corrected chi connectivity index (χ0v) is 11.3. The summed E-state index contributed by atoms with van der Waals surface area (Å²) < 4.78 is 12.9. The van der Waals surface area contributed by atoms with Crippen LogP contribution in [0.5, 0.6) is 0 Å². The molecule has 4 heteroatoms. The third kappa shape index (κ3) is 3.42. The van der Waals surface area contributed by atoms with E-state index in [0.717, 1.165) is 11.1 Å². The lowest BCUT2D eigenvalue weighted by Gasteiger charge is -2.15. The number of amides is 1. The van der Waals surface area contributed by atoms with Crippen LogP contribution in [0.2, 0.25) is 0 Å². The normalized spacial score (nSPS) is 12.1. The number of hydrogen-bond acceptors (Lipinski definition) is 2. The van der Waals surface area contributed by atoms with Crippen molar-refractivity contribution in [3.05, 3.63) is 71.0 Å². The van der Waals surface area contributed by atoms with Crippen molar-refractivity contribution >= 4 is 5.91 Å². The minimum Gasteiger partial charge on any atom is -0.366 e. The zero-order valence-electron chi connectivity index (χ0n) is 11.3. The Hall–Kier alpha value is -2.20. The van der Waals surface area contributed by atoms with Crippen molar-refractivity contribution in [1.82, 2.24) is 5.32 Å². The van der Waals surface area contributed by atoms with Crippen LogP contribution in [-0.4, -0.2) is 5.91 Å². The number of halogens is 1. The number of rotatable bonds is 5. The highest BCUT2D eigenvalue weighted by molar-refractivity contribution is 5.94. The molecule has 0 aromatic heterocycles. The number of nitrogens with two attached hydrogens (primary N) is 1. The molecule has 0 aliphatic heterocycles. The summed E-state index contributed by atoms with van der Waals surface area (Å²) in [6.07, 6.45) is 0. The van der Waals surface area contributed by atoms with Crippen LogP contribution < -0.4 is 11.1 Å². The summed E-state index contributed by atoms with van der Waals surface area (Å²) in [4.78, 5) is 11.3. The highest BCUT2D eigenvalue weighted by Crippen LogP contribution is 2.15. The average molecular weight is 272 g/mol. The minimum absolute atomic E-state index is 0.0523. The summed E-state index contributed by atoms with van der Waals surface area (Å²) in [7, 11) is 0. The molecule has 2 aromatic rings. The second-order valence-corrected chi connectivity index (χ2v) is 4.68. The Morgan fingerprint density at radius 1 is 1.20 bits per heavy atom. The van der Waals surface area contributed by atoms with Crippen molar-refractivity contribution in [1.29, 1.82) is 0 Å². The third-order valence-corrected chi connectivity index (χ3v) is 3.25. The van der Waals surface area contributed by atoms with Gasteiger partial charge in [0, 0.05) is 18.2 Å². The van der Waals surface area contributed by atoms with Gasteiger partial charge in [0.1, 0.15) is 5.82 Å². The molecule has 1 atom stereocenters. The van der Waals surface area contributed by atoms with Gasteiger partial charge in [-0.3, -0.25) is 4.79 Å². The smallest absolute Gasteiger partial charge is 0.249 e. The largest absolute Gasteiger partial charge is 0.366 e. The highest BCUT2D eigenvalue weighted by atomic mass is 19.1. The Morgan fingerprint density at radius 2 is 1.85 bits per heavy atom. The monoisotopic (exact) mass is 272 g/mol. The molecule has 0 fully saturated rings. The topological polar surface area (TPSA) is 55.1 Å². The van der Waals surface area contributed by atoms with Crippen LogP contribution in [-0.2, 0) is 6.54 Å². The Kier molecular flexibility index (Phi) is 4.48. The van der Waals surface area contributed by atoms with E-state index in [2.05, 4.69) is 5.32 Å². The highest BCUT2D eigenvalue weighted by Gasteiger charge is 2.09. The molecule has 3 nitrogen and oxygen atoms in total. The van der Waals surface area contributed by atoms with Gasteiger partial charge in [0.15, 0.2) is 0 Å². The van der Waals surface area contributed by atoms with E-state index in [1.165, 1.54) is 12.1 Å². The molecular weight excluding hydrogens is 255 g/mol. The van der Waals surface area contributed by atoms with E-state index in [-0.39, 0.29) is 11.9 Å². The molecule has 2 aromatic carbocycles. The molecule has 2 rings (SSSR count). The number of carbonyl (C=O) groups is 1. The summed E-state index contributed by atoms with van der Waals surface area (Å²) in [5, 5.41) is 3.30. The molecule has 0 spiro atoms. The molecule has 3 N–H and O–H groups in total. The number of hydrogen-bond donors (Lipinski definition) is 2. The van der Waals surface area contributed by atoms with Gasteiger partial charge in [-0.25, -0.2) is 4.39 Å². The molecule has 0 aliphatic carbocycles. The van der Waals surface area contributed by atoms with E-state index in [0.29, 0.717) is 12.1 Å². The van der Waals surface area contributed by atoms with Crippen molar-refractivity contribution < 1.29 is 9.18 Å². The molecule has 0 radical (unpaired) electrons. The van der Waals surface area contributed by atoms with Crippen LogP contribution in [0.3, 0.4) is 0 Å². The van der Waals surface area contributed by atoms with Crippen LogP contribution >= 0.6 is 0 Å². The lowest BCUT2D eigenvalue weighted by molar-refractivity contribution is 0.0999. The fraction of sp³-hybridized carbons (Fsp3) is 0.188. The summed E-state index contributed by atoms with van der Waals surface area (Å²) in [5.74, 6) is -0.683. The second-order valence-electron chi connectivity index (χ2n) is 4.68. The lowest BCUT2D eigenvalue weighted by Crippen LogP contribution is -2.21. The van der Waals surface area contributed by atoms with Gasteiger partial charge in [-0.15, -0.1) is 0 Å². The van der Waals surface area contributed by atoms with Gasteiger partial charge >= 0.3 is 0 Å². The van der Waals surface area contributed by atoms with Gasteiger partial charge < -0.3 is 11.1 Å². The maximum Gasteiger partial charge on any atom is 0.249 e. The van der Waals surface area contributed by atoms with Crippen LogP contribution in [0.15, 0.2) is 48.5 Å². The van der Waals surface area contributed by atoms with Crippen LogP contribution in [0.1, 0.15) is 34.5 Å². The van der Waals surface area contributed by atoms with E-state index in [4.69, 9.17) is 5.73 Å². The first-order chi connectivity index (χ1) is 9.58. The van der Waals surface area contributed by atoms with Gasteiger partial charge in [0.25, 0.3) is 0 Å². The molecule has 0 heterocycles. The van der Waals surface area contributed by atoms with Crippen LogP contribution in [0.4, 0.5) is 4.39 Å². The van der Waals surface area contributed by atoms with Crippen molar-refractivity contribution in [3.63, 3.8) is 0 Å². The first-order valence-electron chi connectivity index (χ1n) is 6.44. The molecular formula is C16H17FN2O. The van der Waals surface area contributed by atoms with E-state index in [1.807, 2.05) is 19.1 Å². The van der Waals surface area contributed by atoms with Crippen molar-refractivity contribution in [3.8, 4) is 0 Å². The molecule has 0 aliphatic rings. The Labute approximate surface area is 117 Å². The third-order valence-electron chi connectivity index (χ3n) is 3.25. The maximum atomic E-state index is 12.9. The molecule has 0 bridgehead atoms. The molecule has 0 saturated heterocycles. The minimum atomic E-state index is -0.433. The van der Waals surface area contributed by atoms with Crippen molar-refractivity contribution in [2.45, 2.75) is 19.5 Å². The van der Waals surface area contributed by atoms with Gasteiger partial charge in [-0.1, -0.05) is 30.3 Å². The zero-order chi connectivity index (χ0) is 14.5. The number of benzene rings is 2. The Morgan fingerprint density at radius 3 is 2.50 bits per heavy atom. The molecule has 0 unspecified atom stereocenters. The lowest BCUT2D eigenvalue weighted by atomic mass is 10.1.